The van der Waals surface area contributed by atoms with Gasteiger partial charge in [-0.1, -0.05) is 30.3 Å². The molecule has 2 aromatic heterocycles. The van der Waals surface area contributed by atoms with Crippen LogP contribution in [0.5, 0.6) is 0 Å². The van der Waals surface area contributed by atoms with Crippen LogP contribution in [0, 0.1) is 13.8 Å². The highest BCUT2D eigenvalue weighted by Gasteiger charge is 2.12. The number of hydrogen-bond acceptors (Lipinski definition) is 5. The molecular formula is C25H22N4O3. The first-order chi connectivity index (χ1) is 15.4. The molecule has 0 aliphatic heterocycles. The fourth-order valence-corrected chi connectivity index (χ4v) is 3.39. The van der Waals surface area contributed by atoms with Crippen molar-refractivity contribution in [1.82, 2.24) is 14.8 Å². The van der Waals surface area contributed by atoms with Gasteiger partial charge in [0, 0.05) is 17.5 Å². The van der Waals surface area contributed by atoms with Crippen molar-refractivity contribution in [3.05, 3.63) is 89.1 Å². The minimum absolute atomic E-state index is 0.305. The van der Waals surface area contributed by atoms with Gasteiger partial charge in [-0.05, 0) is 55.3 Å². The van der Waals surface area contributed by atoms with Gasteiger partial charge in [0.25, 0.3) is 0 Å². The number of carbonyl (C=O) groups is 2. The number of amides is 1. The van der Waals surface area contributed by atoms with Gasteiger partial charge < -0.3 is 10.1 Å². The van der Waals surface area contributed by atoms with Crippen molar-refractivity contribution >= 4 is 34.7 Å². The van der Waals surface area contributed by atoms with E-state index in [1.54, 1.807) is 41.1 Å². The number of nitrogens with one attached hydrogen (secondary N) is 1. The van der Waals surface area contributed by atoms with Gasteiger partial charge in [-0.25, -0.2) is 9.78 Å². The maximum Gasteiger partial charge on any atom is 0.337 e. The summed E-state index contributed by atoms with van der Waals surface area (Å²) in [4.78, 5) is 28.8. The molecule has 0 bridgehead atoms. The van der Waals surface area contributed by atoms with E-state index >= 15 is 0 Å². The summed E-state index contributed by atoms with van der Waals surface area (Å²) in [6.45, 7) is 3.88. The van der Waals surface area contributed by atoms with E-state index in [4.69, 9.17) is 4.98 Å². The Morgan fingerprint density at radius 1 is 1.03 bits per heavy atom. The highest BCUT2D eigenvalue weighted by molar-refractivity contribution is 6.01. The van der Waals surface area contributed by atoms with Gasteiger partial charge in [0.05, 0.1) is 23.9 Å². The Morgan fingerprint density at radius 3 is 2.53 bits per heavy atom. The first kappa shape index (κ1) is 21.0. The summed E-state index contributed by atoms with van der Waals surface area (Å²) < 4.78 is 6.32. The second-order valence-electron chi connectivity index (χ2n) is 7.33. The summed E-state index contributed by atoms with van der Waals surface area (Å²) in [6.07, 6.45) is 3.10. The Balaban J connectivity index is 1.55. The molecular weight excluding hydrogens is 404 g/mol. The third kappa shape index (κ3) is 4.41. The van der Waals surface area contributed by atoms with Gasteiger partial charge in [0.15, 0.2) is 5.82 Å². The topological polar surface area (TPSA) is 86.1 Å². The predicted molar refractivity (Wildman–Crippen MR) is 124 cm³/mol. The minimum atomic E-state index is -0.403. The van der Waals surface area contributed by atoms with Gasteiger partial charge in [-0.2, -0.15) is 9.78 Å². The second-order valence-corrected chi connectivity index (χ2v) is 7.33. The average molecular weight is 426 g/mol. The number of para-hydroxylation sites is 1. The summed E-state index contributed by atoms with van der Waals surface area (Å²) in [5, 5.41) is 8.45. The number of aryl methyl sites for hydroxylation is 2. The van der Waals surface area contributed by atoms with Crippen molar-refractivity contribution in [2.45, 2.75) is 13.8 Å². The molecule has 1 N–H and O–H groups in total. The first-order valence-corrected chi connectivity index (χ1v) is 10.1. The lowest BCUT2D eigenvalue weighted by Gasteiger charge is -2.10. The molecule has 160 valence electrons. The van der Waals surface area contributed by atoms with Crippen LogP contribution in [0.25, 0.3) is 22.8 Å². The maximum atomic E-state index is 12.5. The van der Waals surface area contributed by atoms with Crippen LogP contribution in [0.1, 0.15) is 27.2 Å². The zero-order valence-corrected chi connectivity index (χ0v) is 18.0. The molecule has 4 aromatic rings. The minimum Gasteiger partial charge on any atom is -0.465 e. The number of hydrogen-bond donors (Lipinski definition) is 1. The Bertz CT molecular complexity index is 1340. The van der Waals surface area contributed by atoms with E-state index in [0.29, 0.717) is 17.2 Å². The van der Waals surface area contributed by atoms with Crippen molar-refractivity contribution in [3.8, 4) is 5.82 Å². The number of benzene rings is 2. The van der Waals surface area contributed by atoms with Crippen molar-refractivity contribution in [2.24, 2.45) is 0 Å². The molecule has 2 heterocycles. The SMILES string of the molecule is COC(=O)c1ccc(/C=C/C(=O)Nc2cc(C)nn2-c2cc(C)c3ccccc3n2)cc1. The number of fused-ring (bicyclic) bond motifs is 1. The van der Waals surface area contributed by atoms with E-state index < -0.39 is 5.97 Å². The van der Waals surface area contributed by atoms with Gasteiger partial charge in [0.1, 0.15) is 5.82 Å². The molecule has 0 aliphatic rings. The van der Waals surface area contributed by atoms with Gasteiger partial charge in [0.2, 0.25) is 5.91 Å². The molecule has 7 nitrogen and oxygen atoms in total. The monoisotopic (exact) mass is 426 g/mol. The van der Waals surface area contributed by atoms with Gasteiger partial charge >= 0.3 is 5.97 Å². The number of nitrogens with zero attached hydrogens (tertiary/aromatic N) is 3. The van der Waals surface area contributed by atoms with Crippen molar-refractivity contribution in [2.75, 3.05) is 12.4 Å². The Morgan fingerprint density at radius 2 is 1.78 bits per heavy atom. The molecule has 0 fully saturated rings. The number of carbonyl (C=O) groups excluding carboxylic acids is 2. The summed E-state index contributed by atoms with van der Waals surface area (Å²) in [7, 11) is 1.33. The van der Waals surface area contributed by atoms with Crippen molar-refractivity contribution in [3.63, 3.8) is 0 Å². The number of aromatic nitrogens is 3. The lowest BCUT2D eigenvalue weighted by molar-refractivity contribution is -0.111. The first-order valence-electron chi connectivity index (χ1n) is 10.1. The summed E-state index contributed by atoms with van der Waals surface area (Å²) >= 11 is 0. The second kappa shape index (κ2) is 8.85. The smallest absolute Gasteiger partial charge is 0.337 e. The quantitative estimate of drug-likeness (QED) is 0.376. The predicted octanol–water partition coefficient (Wildman–Crippen LogP) is 4.48. The Kier molecular flexibility index (Phi) is 5.81. The number of rotatable bonds is 5. The third-order valence-electron chi connectivity index (χ3n) is 4.97. The van der Waals surface area contributed by atoms with Gasteiger partial charge in [-0.3, -0.25) is 4.79 Å². The summed E-state index contributed by atoms with van der Waals surface area (Å²) in [6, 6.07) is 18.4. The molecule has 2 aromatic carbocycles. The Hall–Kier alpha value is -4.26. The number of ether oxygens (including phenoxy) is 1. The molecule has 1 amide bonds. The molecule has 32 heavy (non-hydrogen) atoms. The van der Waals surface area contributed by atoms with Crippen LogP contribution >= 0.6 is 0 Å². The third-order valence-corrected chi connectivity index (χ3v) is 4.97. The van der Waals surface area contributed by atoms with Crippen LogP contribution < -0.4 is 5.32 Å². The number of esters is 1. The molecule has 0 radical (unpaired) electrons. The molecule has 7 heteroatoms. The fraction of sp³-hybridized carbons (Fsp3) is 0.120. The van der Waals surface area contributed by atoms with Crippen LogP contribution in [0.4, 0.5) is 5.82 Å². The van der Waals surface area contributed by atoms with E-state index in [9.17, 15) is 9.59 Å². The van der Waals surface area contributed by atoms with Crippen LogP contribution in [-0.2, 0) is 9.53 Å². The van der Waals surface area contributed by atoms with E-state index in [2.05, 4.69) is 15.2 Å². The van der Waals surface area contributed by atoms with Crippen LogP contribution in [0.15, 0.2) is 66.7 Å². The van der Waals surface area contributed by atoms with Crippen molar-refractivity contribution < 1.29 is 14.3 Å². The Labute approximate surface area is 185 Å². The molecule has 0 saturated heterocycles. The largest absolute Gasteiger partial charge is 0.465 e. The zero-order valence-electron chi connectivity index (χ0n) is 18.0. The van der Waals surface area contributed by atoms with E-state index in [1.165, 1.54) is 13.2 Å². The maximum absolute atomic E-state index is 12.5. The lowest BCUT2D eigenvalue weighted by atomic mass is 10.1. The molecule has 0 saturated carbocycles. The zero-order chi connectivity index (χ0) is 22.7. The van der Waals surface area contributed by atoms with E-state index in [-0.39, 0.29) is 5.91 Å². The van der Waals surface area contributed by atoms with Crippen LogP contribution in [0.2, 0.25) is 0 Å². The number of methoxy groups -OCH3 is 1. The highest BCUT2D eigenvalue weighted by atomic mass is 16.5. The van der Waals surface area contributed by atoms with E-state index in [0.717, 1.165) is 27.7 Å². The average Bonchev–Trinajstić information content (AvgIpc) is 3.17. The van der Waals surface area contributed by atoms with Crippen LogP contribution in [0.3, 0.4) is 0 Å². The highest BCUT2D eigenvalue weighted by Crippen LogP contribution is 2.22. The molecule has 0 spiro atoms. The normalized spacial score (nSPS) is 11.1. The summed E-state index contributed by atoms with van der Waals surface area (Å²) in [5.74, 6) is 0.451. The molecule has 4 rings (SSSR count). The molecule has 0 atom stereocenters. The van der Waals surface area contributed by atoms with Gasteiger partial charge in [-0.15, -0.1) is 0 Å². The molecule has 0 aliphatic carbocycles. The number of pyridine rings is 1. The van der Waals surface area contributed by atoms with Crippen molar-refractivity contribution in [1.29, 1.82) is 0 Å². The number of anilines is 1. The standard InChI is InChI=1S/C25H22N4O3/c1-16-14-22(26-21-7-5-4-6-20(16)21)29-23(15-17(2)28-29)27-24(30)13-10-18-8-11-19(12-9-18)25(31)32-3/h4-15H,1-3H3,(H,27,30)/b13-10+. The molecule has 0 unspecified atom stereocenters. The fourth-order valence-electron chi connectivity index (χ4n) is 3.39. The lowest BCUT2D eigenvalue weighted by Crippen LogP contribution is -2.13. The van der Waals surface area contributed by atoms with Crippen LogP contribution in [-0.4, -0.2) is 33.8 Å². The summed E-state index contributed by atoms with van der Waals surface area (Å²) in [5.41, 5.74) is 3.93. The van der Waals surface area contributed by atoms with E-state index in [1.807, 2.05) is 44.2 Å².